The number of hydrogen-bond acceptors (Lipinski definition) is 5. The van der Waals surface area contributed by atoms with Crippen LogP contribution in [0, 0.1) is 11.6 Å². The number of carbonyl (C=O) groups is 3. The average molecular weight is 503 g/mol. The quantitative estimate of drug-likeness (QED) is 0.518. The van der Waals surface area contributed by atoms with E-state index in [1.54, 1.807) is 20.8 Å². The van der Waals surface area contributed by atoms with Crippen LogP contribution < -0.4 is 15.4 Å². The third-order valence-electron chi connectivity index (χ3n) is 4.21. The lowest BCUT2D eigenvalue weighted by Gasteiger charge is -2.22. The lowest BCUT2D eigenvalue weighted by molar-refractivity contribution is -0.117. The van der Waals surface area contributed by atoms with E-state index in [-0.39, 0.29) is 21.5 Å². The summed E-state index contributed by atoms with van der Waals surface area (Å²) in [6.45, 7) is 6.34. The molecule has 0 aromatic heterocycles. The molecule has 2 aromatic carbocycles. The van der Waals surface area contributed by atoms with Crippen molar-refractivity contribution in [3.63, 3.8) is 0 Å². The van der Waals surface area contributed by atoms with Gasteiger partial charge in [-0.15, -0.1) is 0 Å². The smallest absolute Gasteiger partial charge is 0.408 e. The molecule has 0 saturated carbocycles. The molecular formula is C22H22Cl2F2N2O5. The van der Waals surface area contributed by atoms with E-state index in [2.05, 4.69) is 10.6 Å². The lowest BCUT2D eigenvalue weighted by Crippen LogP contribution is -2.44. The molecule has 0 saturated heterocycles. The van der Waals surface area contributed by atoms with Crippen LogP contribution in [0.1, 0.15) is 43.6 Å². The maximum Gasteiger partial charge on any atom is 0.408 e. The van der Waals surface area contributed by atoms with E-state index in [4.69, 9.17) is 32.7 Å². The zero-order valence-electron chi connectivity index (χ0n) is 18.4. The lowest BCUT2D eigenvalue weighted by atomic mass is 9.99. The Kier molecular flexibility index (Phi) is 8.26. The van der Waals surface area contributed by atoms with E-state index < -0.39 is 52.2 Å². The van der Waals surface area contributed by atoms with Gasteiger partial charge in [0, 0.05) is 0 Å². The van der Waals surface area contributed by atoms with Crippen molar-refractivity contribution < 1.29 is 32.6 Å². The second-order valence-corrected chi connectivity index (χ2v) is 8.69. The van der Waals surface area contributed by atoms with Gasteiger partial charge in [-0.25, -0.2) is 13.6 Å². The van der Waals surface area contributed by atoms with Crippen LogP contribution in [0.15, 0.2) is 24.3 Å². The van der Waals surface area contributed by atoms with Crippen molar-refractivity contribution >= 4 is 46.7 Å². The molecule has 2 amide bonds. The molecule has 11 heteroatoms. The number of nitrogens with one attached hydrogen (secondary N) is 2. The molecule has 0 aliphatic carbocycles. The first-order chi connectivity index (χ1) is 15.3. The molecule has 2 rings (SSSR count). The van der Waals surface area contributed by atoms with E-state index in [0.29, 0.717) is 0 Å². The van der Waals surface area contributed by atoms with Crippen LogP contribution in [0.25, 0.3) is 0 Å². The molecule has 0 heterocycles. The highest BCUT2D eigenvalue weighted by molar-refractivity contribution is 6.45. The summed E-state index contributed by atoms with van der Waals surface area (Å²) in [5.41, 5.74) is -2.32. The number of benzene rings is 2. The number of ketones is 1. The van der Waals surface area contributed by atoms with Gasteiger partial charge in [-0.3, -0.25) is 9.59 Å². The largest absolute Gasteiger partial charge is 0.494 e. The van der Waals surface area contributed by atoms with Crippen LogP contribution >= 0.6 is 23.2 Å². The van der Waals surface area contributed by atoms with Crippen molar-refractivity contribution in [3.8, 4) is 5.75 Å². The number of alkyl carbamates (subject to hydrolysis) is 1. The van der Waals surface area contributed by atoms with Crippen LogP contribution in [-0.4, -0.2) is 36.5 Å². The monoisotopic (exact) mass is 502 g/mol. The second kappa shape index (κ2) is 10.4. The highest BCUT2D eigenvalue weighted by Crippen LogP contribution is 2.35. The zero-order valence-corrected chi connectivity index (χ0v) is 20.0. The molecule has 0 fully saturated rings. The van der Waals surface area contributed by atoms with Crippen molar-refractivity contribution in [2.45, 2.75) is 39.3 Å². The summed E-state index contributed by atoms with van der Waals surface area (Å²) in [5, 5.41) is 4.35. The molecule has 1 atom stereocenters. The number of rotatable bonds is 6. The predicted octanol–water partition coefficient (Wildman–Crippen LogP) is 5.36. The summed E-state index contributed by atoms with van der Waals surface area (Å²) in [6, 6.07) is 3.32. The SMILES string of the molecule is COc1ccc(F)c(C(=O)c2c(NC(=O)C(C)NC(=O)OC(C)(C)C)ccc(Cl)c2Cl)c1F. The van der Waals surface area contributed by atoms with E-state index in [0.717, 1.165) is 19.2 Å². The fraction of sp³-hybridized carbons (Fsp3) is 0.318. The molecule has 2 aromatic rings. The fourth-order valence-electron chi connectivity index (χ4n) is 2.69. The van der Waals surface area contributed by atoms with E-state index in [1.807, 2.05) is 0 Å². The maximum atomic E-state index is 14.7. The molecule has 7 nitrogen and oxygen atoms in total. The van der Waals surface area contributed by atoms with Gasteiger partial charge in [-0.1, -0.05) is 23.2 Å². The number of halogens is 4. The van der Waals surface area contributed by atoms with Crippen LogP contribution in [0.2, 0.25) is 10.0 Å². The molecule has 2 N–H and O–H groups in total. The Balaban J connectivity index is 2.41. The first-order valence-corrected chi connectivity index (χ1v) is 10.4. The minimum atomic E-state index is -1.24. The summed E-state index contributed by atoms with van der Waals surface area (Å²) in [7, 11) is 1.15. The first-order valence-electron chi connectivity index (χ1n) is 9.61. The van der Waals surface area contributed by atoms with Crippen LogP contribution in [0.4, 0.5) is 19.3 Å². The summed E-state index contributed by atoms with van der Waals surface area (Å²) in [4.78, 5) is 37.7. The van der Waals surface area contributed by atoms with Gasteiger partial charge < -0.3 is 20.1 Å². The maximum absolute atomic E-state index is 14.7. The normalized spacial score (nSPS) is 12.0. The van der Waals surface area contributed by atoms with Crippen molar-refractivity contribution in [1.29, 1.82) is 0 Å². The molecule has 0 radical (unpaired) electrons. The van der Waals surface area contributed by atoms with Gasteiger partial charge in [-0.05, 0) is 52.0 Å². The van der Waals surface area contributed by atoms with Gasteiger partial charge in [0.05, 0.1) is 34.0 Å². The Morgan fingerprint density at radius 2 is 1.67 bits per heavy atom. The van der Waals surface area contributed by atoms with E-state index in [9.17, 15) is 23.2 Å². The molecule has 0 aliphatic rings. The van der Waals surface area contributed by atoms with Gasteiger partial charge in [0.1, 0.15) is 17.5 Å². The molecular weight excluding hydrogens is 481 g/mol. The molecule has 0 aliphatic heterocycles. The third kappa shape index (κ3) is 6.33. The Labute approximate surface area is 199 Å². The molecule has 33 heavy (non-hydrogen) atoms. The van der Waals surface area contributed by atoms with Gasteiger partial charge in [0.15, 0.2) is 11.6 Å². The standard InChI is InChI=1S/C22H22Cl2F2N2O5/c1-10(27-21(31)33-22(2,3)4)20(30)28-13-8-6-11(23)17(24)16(13)19(29)15-12(25)7-9-14(32-5)18(15)26/h6-10H,1-5H3,(H,27,31)(H,28,30). The number of anilines is 1. The fourth-order valence-corrected chi connectivity index (χ4v) is 3.10. The molecule has 1 unspecified atom stereocenters. The van der Waals surface area contributed by atoms with Crippen LogP contribution in [0.3, 0.4) is 0 Å². The first kappa shape index (κ1) is 26.3. The number of carbonyl (C=O) groups excluding carboxylic acids is 3. The Morgan fingerprint density at radius 1 is 1.03 bits per heavy atom. The molecule has 178 valence electrons. The van der Waals surface area contributed by atoms with Crippen molar-refractivity contribution in [3.05, 3.63) is 57.1 Å². The minimum absolute atomic E-state index is 0.0818. The number of ether oxygens (including phenoxy) is 2. The summed E-state index contributed by atoms with van der Waals surface area (Å²) in [6.07, 6.45) is -0.837. The number of methoxy groups -OCH3 is 1. The Hall–Kier alpha value is -2.91. The highest BCUT2D eigenvalue weighted by Gasteiger charge is 2.29. The van der Waals surface area contributed by atoms with Crippen molar-refractivity contribution in [1.82, 2.24) is 5.32 Å². The van der Waals surface area contributed by atoms with Gasteiger partial charge >= 0.3 is 6.09 Å². The summed E-state index contributed by atoms with van der Waals surface area (Å²) >= 11 is 12.2. The topological polar surface area (TPSA) is 93.7 Å². The third-order valence-corrected chi connectivity index (χ3v) is 5.01. The van der Waals surface area contributed by atoms with Crippen LogP contribution in [0.5, 0.6) is 5.75 Å². The minimum Gasteiger partial charge on any atom is -0.494 e. The van der Waals surface area contributed by atoms with E-state index >= 15 is 0 Å². The molecule has 0 bridgehead atoms. The van der Waals surface area contributed by atoms with Gasteiger partial charge in [0.2, 0.25) is 11.7 Å². The second-order valence-electron chi connectivity index (χ2n) is 7.91. The van der Waals surface area contributed by atoms with E-state index in [1.165, 1.54) is 19.1 Å². The summed E-state index contributed by atoms with van der Waals surface area (Å²) < 4.78 is 39.0. The van der Waals surface area contributed by atoms with Crippen molar-refractivity contribution in [2.75, 3.05) is 12.4 Å². The average Bonchev–Trinajstić information content (AvgIpc) is 2.69. The zero-order chi connectivity index (χ0) is 25.1. The Morgan fingerprint density at radius 3 is 2.24 bits per heavy atom. The van der Waals surface area contributed by atoms with Crippen molar-refractivity contribution in [2.24, 2.45) is 0 Å². The number of amides is 2. The highest BCUT2D eigenvalue weighted by atomic mass is 35.5. The van der Waals surface area contributed by atoms with Gasteiger partial charge in [0.25, 0.3) is 0 Å². The summed E-state index contributed by atoms with van der Waals surface area (Å²) in [5.74, 6) is -4.68. The Bertz CT molecular complexity index is 1100. The predicted molar refractivity (Wildman–Crippen MR) is 120 cm³/mol. The van der Waals surface area contributed by atoms with Crippen LogP contribution in [-0.2, 0) is 9.53 Å². The molecule has 0 spiro atoms. The number of hydrogen-bond donors (Lipinski definition) is 2. The van der Waals surface area contributed by atoms with Gasteiger partial charge in [-0.2, -0.15) is 0 Å².